The Hall–Kier alpha value is -1.36. The highest BCUT2D eigenvalue weighted by Gasteiger charge is 2.19. The third kappa shape index (κ3) is 3.84. The SMILES string of the molecule is CCC(C)(C)NC(=O)c1cccc(S(C)(=O)=O)c1. The predicted octanol–water partition coefficient (Wildman–Crippen LogP) is 2.01. The lowest BCUT2D eigenvalue weighted by atomic mass is 10.0. The zero-order valence-corrected chi connectivity index (χ0v) is 12.0. The average molecular weight is 269 g/mol. The van der Waals surface area contributed by atoms with Crippen LogP contribution in [0.15, 0.2) is 29.2 Å². The van der Waals surface area contributed by atoms with E-state index in [1.807, 2.05) is 20.8 Å². The number of amides is 1. The maximum absolute atomic E-state index is 12.0. The van der Waals surface area contributed by atoms with Crippen LogP contribution in [0.25, 0.3) is 0 Å². The van der Waals surface area contributed by atoms with E-state index in [0.29, 0.717) is 5.56 Å². The van der Waals surface area contributed by atoms with E-state index in [1.54, 1.807) is 12.1 Å². The number of benzene rings is 1. The van der Waals surface area contributed by atoms with Crippen LogP contribution in [0, 0.1) is 0 Å². The van der Waals surface area contributed by atoms with E-state index in [2.05, 4.69) is 5.32 Å². The van der Waals surface area contributed by atoms with Gasteiger partial charge in [-0.05, 0) is 38.5 Å². The van der Waals surface area contributed by atoms with Gasteiger partial charge in [0.05, 0.1) is 4.90 Å². The molecule has 0 radical (unpaired) electrons. The van der Waals surface area contributed by atoms with E-state index >= 15 is 0 Å². The summed E-state index contributed by atoms with van der Waals surface area (Å²) >= 11 is 0. The largest absolute Gasteiger partial charge is 0.347 e. The maximum atomic E-state index is 12.0. The first-order chi connectivity index (χ1) is 8.15. The highest BCUT2D eigenvalue weighted by Crippen LogP contribution is 2.13. The second-order valence-corrected chi connectivity index (χ2v) is 7.01. The van der Waals surface area contributed by atoms with Crippen molar-refractivity contribution in [1.29, 1.82) is 0 Å². The van der Waals surface area contributed by atoms with Crippen molar-refractivity contribution < 1.29 is 13.2 Å². The van der Waals surface area contributed by atoms with E-state index in [-0.39, 0.29) is 16.3 Å². The van der Waals surface area contributed by atoms with E-state index in [4.69, 9.17) is 0 Å². The lowest BCUT2D eigenvalue weighted by Gasteiger charge is -2.24. The van der Waals surface area contributed by atoms with Crippen LogP contribution < -0.4 is 5.32 Å². The van der Waals surface area contributed by atoms with Gasteiger partial charge in [0.2, 0.25) is 0 Å². The van der Waals surface area contributed by atoms with Crippen LogP contribution in [0.1, 0.15) is 37.6 Å². The van der Waals surface area contributed by atoms with E-state index in [0.717, 1.165) is 12.7 Å². The lowest BCUT2D eigenvalue weighted by Crippen LogP contribution is -2.42. The van der Waals surface area contributed by atoms with E-state index in [1.165, 1.54) is 12.1 Å². The summed E-state index contributed by atoms with van der Waals surface area (Å²) in [5, 5.41) is 2.87. The molecule has 0 spiro atoms. The molecule has 0 aromatic heterocycles. The molecule has 1 N–H and O–H groups in total. The molecule has 0 atom stereocenters. The Balaban J connectivity index is 3.02. The number of carbonyl (C=O) groups excluding carboxylic acids is 1. The van der Waals surface area contributed by atoms with Crippen LogP contribution in [0.5, 0.6) is 0 Å². The quantitative estimate of drug-likeness (QED) is 0.909. The smallest absolute Gasteiger partial charge is 0.251 e. The van der Waals surface area contributed by atoms with Gasteiger partial charge >= 0.3 is 0 Å². The molecule has 1 rings (SSSR count). The Labute approximate surface area is 108 Å². The van der Waals surface area contributed by atoms with Crippen molar-refractivity contribution in [2.75, 3.05) is 6.26 Å². The summed E-state index contributed by atoms with van der Waals surface area (Å²) in [5.74, 6) is -0.257. The molecule has 0 aliphatic carbocycles. The molecule has 100 valence electrons. The third-order valence-electron chi connectivity index (χ3n) is 2.86. The molecule has 0 aliphatic heterocycles. The van der Waals surface area contributed by atoms with Gasteiger partial charge in [-0.1, -0.05) is 13.0 Å². The fraction of sp³-hybridized carbons (Fsp3) is 0.462. The van der Waals surface area contributed by atoms with Crippen molar-refractivity contribution in [2.24, 2.45) is 0 Å². The van der Waals surface area contributed by atoms with Crippen molar-refractivity contribution >= 4 is 15.7 Å². The Bertz CT molecular complexity index is 547. The molecule has 0 aliphatic rings. The first-order valence-corrected chi connectivity index (χ1v) is 7.67. The molecular weight excluding hydrogens is 250 g/mol. The molecule has 0 bridgehead atoms. The fourth-order valence-electron chi connectivity index (χ4n) is 1.34. The Kier molecular flexibility index (Phi) is 4.16. The van der Waals surface area contributed by atoms with Gasteiger partial charge in [-0.3, -0.25) is 4.79 Å². The maximum Gasteiger partial charge on any atom is 0.251 e. The Morgan fingerprint density at radius 1 is 1.33 bits per heavy atom. The lowest BCUT2D eigenvalue weighted by molar-refractivity contribution is 0.0911. The van der Waals surface area contributed by atoms with Gasteiger partial charge in [0.15, 0.2) is 9.84 Å². The summed E-state index contributed by atoms with van der Waals surface area (Å²) < 4.78 is 22.8. The van der Waals surface area contributed by atoms with Crippen molar-refractivity contribution in [3.05, 3.63) is 29.8 Å². The fourth-order valence-corrected chi connectivity index (χ4v) is 2.00. The van der Waals surface area contributed by atoms with Gasteiger partial charge < -0.3 is 5.32 Å². The molecule has 5 heteroatoms. The summed E-state index contributed by atoms with van der Waals surface area (Å²) in [5.41, 5.74) is 0.0532. The minimum Gasteiger partial charge on any atom is -0.347 e. The Morgan fingerprint density at radius 2 is 1.94 bits per heavy atom. The van der Waals surface area contributed by atoms with Crippen LogP contribution >= 0.6 is 0 Å². The van der Waals surface area contributed by atoms with E-state index < -0.39 is 9.84 Å². The number of hydrogen-bond acceptors (Lipinski definition) is 3. The minimum atomic E-state index is -3.29. The van der Waals surface area contributed by atoms with Crippen molar-refractivity contribution in [3.63, 3.8) is 0 Å². The zero-order valence-electron chi connectivity index (χ0n) is 11.1. The summed E-state index contributed by atoms with van der Waals surface area (Å²) in [6.45, 7) is 5.82. The van der Waals surface area contributed by atoms with Crippen LogP contribution in [0.2, 0.25) is 0 Å². The van der Waals surface area contributed by atoms with Crippen LogP contribution in [0.3, 0.4) is 0 Å². The summed E-state index contributed by atoms with van der Waals surface area (Å²) in [7, 11) is -3.29. The molecule has 1 amide bonds. The van der Waals surface area contributed by atoms with Gasteiger partial charge in [0, 0.05) is 17.4 Å². The topological polar surface area (TPSA) is 63.2 Å². The van der Waals surface area contributed by atoms with Gasteiger partial charge in [-0.15, -0.1) is 0 Å². The number of rotatable bonds is 4. The third-order valence-corrected chi connectivity index (χ3v) is 3.97. The molecule has 0 saturated carbocycles. The molecule has 0 unspecified atom stereocenters. The number of carbonyl (C=O) groups is 1. The average Bonchev–Trinajstić information content (AvgIpc) is 2.27. The first kappa shape index (κ1) is 14.7. The summed E-state index contributed by atoms with van der Waals surface area (Å²) in [6, 6.07) is 6.06. The van der Waals surface area contributed by atoms with Crippen LogP contribution in [0.4, 0.5) is 0 Å². The zero-order chi connectivity index (χ0) is 14.0. The van der Waals surface area contributed by atoms with Crippen LogP contribution in [-0.2, 0) is 9.84 Å². The second-order valence-electron chi connectivity index (χ2n) is 4.99. The molecular formula is C13H19NO3S. The van der Waals surface area contributed by atoms with Crippen molar-refractivity contribution in [2.45, 2.75) is 37.6 Å². The van der Waals surface area contributed by atoms with Gasteiger partial charge in [0.1, 0.15) is 0 Å². The molecule has 4 nitrogen and oxygen atoms in total. The number of nitrogens with one attached hydrogen (secondary N) is 1. The van der Waals surface area contributed by atoms with Gasteiger partial charge in [-0.2, -0.15) is 0 Å². The predicted molar refractivity (Wildman–Crippen MR) is 71.4 cm³/mol. The summed E-state index contributed by atoms with van der Waals surface area (Å²) in [4.78, 5) is 12.1. The first-order valence-electron chi connectivity index (χ1n) is 5.78. The van der Waals surface area contributed by atoms with Crippen molar-refractivity contribution in [1.82, 2.24) is 5.32 Å². The normalized spacial score (nSPS) is 12.2. The monoisotopic (exact) mass is 269 g/mol. The highest BCUT2D eigenvalue weighted by atomic mass is 32.2. The van der Waals surface area contributed by atoms with Gasteiger partial charge in [0.25, 0.3) is 5.91 Å². The highest BCUT2D eigenvalue weighted by molar-refractivity contribution is 7.90. The molecule has 0 fully saturated rings. The number of sulfone groups is 1. The number of hydrogen-bond donors (Lipinski definition) is 1. The van der Waals surface area contributed by atoms with Crippen molar-refractivity contribution in [3.8, 4) is 0 Å². The molecule has 1 aromatic carbocycles. The molecule has 1 aromatic rings. The molecule has 0 heterocycles. The van der Waals surface area contributed by atoms with Crippen LogP contribution in [-0.4, -0.2) is 26.1 Å². The molecule has 18 heavy (non-hydrogen) atoms. The molecule has 0 saturated heterocycles. The van der Waals surface area contributed by atoms with Gasteiger partial charge in [-0.25, -0.2) is 8.42 Å². The van der Waals surface area contributed by atoms with E-state index in [9.17, 15) is 13.2 Å². The standard InChI is InChI=1S/C13H19NO3S/c1-5-13(2,3)14-12(15)10-7-6-8-11(9-10)18(4,16)17/h6-9H,5H2,1-4H3,(H,14,15). The summed E-state index contributed by atoms with van der Waals surface area (Å²) in [6.07, 6.45) is 1.92. The Morgan fingerprint density at radius 3 is 2.44 bits per heavy atom. The minimum absolute atomic E-state index is 0.157. The second kappa shape index (κ2) is 5.10.